The topological polar surface area (TPSA) is 46.5 Å². The molecule has 4 rings (SSSR count). The summed E-state index contributed by atoms with van der Waals surface area (Å²) in [7, 11) is 0. The number of rotatable bonds is 10. The Morgan fingerprint density at radius 1 is 1.18 bits per heavy atom. The molecule has 0 saturated carbocycles. The molecule has 2 aromatic carbocycles. The molecule has 1 amide bonds. The first-order valence-electron chi connectivity index (χ1n) is 11.9. The summed E-state index contributed by atoms with van der Waals surface area (Å²) in [6.07, 6.45) is 1.77. The van der Waals surface area contributed by atoms with Crippen molar-refractivity contribution in [1.29, 1.82) is 0 Å². The van der Waals surface area contributed by atoms with Gasteiger partial charge in [-0.15, -0.1) is 0 Å². The van der Waals surface area contributed by atoms with E-state index in [9.17, 15) is 9.18 Å². The molecule has 1 N–H and O–H groups in total. The third-order valence-corrected chi connectivity index (χ3v) is 6.63. The lowest BCUT2D eigenvalue weighted by atomic mass is 10.0. The molecule has 1 aliphatic rings. The van der Waals surface area contributed by atoms with Crippen LogP contribution in [0.15, 0.2) is 48.5 Å². The van der Waals surface area contributed by atoms with Gasteiger partial charge in [0, 0.05) is 30.3 Å². The maximum atomic E-state index is 13.8. The van der Waals surface area contributed by atoms with Crippen LogP contribution in [-0.4, -0.2) is 41.6 Å². The zero-order valence-corrected chi connectivity index (χ0v) is 20.5. The summed E-state index contributed by atoms with van der Waals surface area (Å²) in [5.41, 5.74) is 4.57. The lowest BCUT2D eigenvalue weighted by molar-refractivity contribution is -0.121. The Kier molecular flexibility index (Phi) is 7.91. The fraction of sp³-hybridized carbons (Fsp3) is 0.370. The molecule has 0 bridgehead atoms. The largest absolute Gasteiger partial charge is 0.487 e. The molecule has 0 atom stereocenters. The highest BCUT2D eigenvalue weighted by Gasteiger charge is 2.26. The van der Waals surface area contributed by atoms with E-state index in [2.05, 4.69) is 30.1 Å². The highest BCUT2D eigenvalue weighted by Crippen LogP contribution is 2.43. The van der Waals surface area contributed by atoms with Gasteiger partial charge in [-0.05, 0) is 56.2 Å². The number of aryl methyl sites for hydroxylation is 1. The fourth-order valence-corrected chi connectivity index (χ4v) is 4.71. The van der Waals surface area contributed by atoms with E-state index in [1.54, 1.807) is 6.07 Å². The molecule has 0 unspecified atom stereocenters. The number of carbonyl (C=O) groups is 1. The zero-order valence-electron chi connectivity index (χ0n) is 19.7. The minimum absolute atomic E-state index is 0.0109. The van der Waals surface area contributed by atoms with Crippen LogP contribution in [0.3, 0.4) is 0 Å². The Morgan fingerprint density at radius 3 is 2.74 bits per heavy atom. The second-order valence-electron chi connectivity index (χ2n) is 8.46. The van der Waals surface area contributed by atoms with Crippen molar-refractivity contribution in [1.82, 2.24) is 14.8 Å². The third kappa shape index (κ3) is 5.29. The number of hydrogen-bond donors (Lipinski definition) is 1. The number of ether oxygens (including phenoxy) is 1. The van der Waals surface area contributed by atoms with E-state index < -0.39 is 5.82 Å². The van der Waals surface area contributed by atoms with Crippen molar-refractivity contribution in [2.45, 2.75) is 39.7 Å². The quantitative estimate of drug-likeness (QED) is 0.381. The van der Waals surface area contributed by atoms with Gasteiger partial charge in [-0.1, -0.05) is 49.7 Å². The molecular weight excluding hydrogens is 453 g/mol. The number of carbonyl (C=O) groups excluding carboxylic acids is 1. The molecule has 5 nitrogen and oxygen atoms in total. The number of nitrogens with zero attached hydrogens (tertiary/aromatic N) is 2. The predicted octanol–water partition coefficient (Wildman–Crippen LogP) is 5.61. The van der Waals surface area contributed by atoms with Gasteiger partial charge in [-0.25, -0.2) is 4.39 Å². The molecule has 0 radical (unpaired) electrons. The van der Waals surface area contributed by atoms with Crippen LogP contribution in [0.4, 0.5) is 4.39 Å². The predicted molar refractivity (Wildman–Crippen MR) is 134 cm³/mol. The average Bonchev–Trinajstić information content (AvgIpc) is 3.21. The molecule has 34 heavy (non-hydrogen) atoms. The van der Waals surface area contributed by atoms with Crippen LogP contribution >= 0.6 is 11.6 Å². The van der Waals surface area contributed by atoms with Crippen molar-refractivity contribution in [3.63, 3.8) is 0 Å². The summed E-state index contributed by atoms with van der Waals surface area (Å²) in [5, 5.41) is 3.34. The fourth-order valence-electron chi connectivity index (χ4n) is 4.46. The molecule has 1 aromatic heterocycles. The van der Waals surface area contributed by atoms with E-state index in [-0.39, 0.29) is 5.91 Å². The number of aromatic nitrogens is 1. The maximum absolute atomic E-state index is 13.8. The van der Waals surface area contributed by atoms with Gasteiger partial charge in [0.2, 0.25) is 5.91 Å². The third-order valence-electron chi connectivity index (χ3n) is 6.32. The van der Waals surface area contributed by atoms with Gasteiger partial charge >= 0.3 is 0 Å². The summed E-state index contributed by atoms with van der Waals surface area (Å²) in [6.45, 7) is 8.44. The second-order valence-corrected chi connectivity index (χ2v) is 8.86. The van der Waals surface area contributed by atoms with Crippen LogP contribution in [0.2, 0.25) is 5.02 Å². The Hall–Kier alpha value is -2.83. The number of benzene rings is 2. The van der Waals surface area contributed by atoms with Crippen molar-refractivity contribution >= 4 is 17.5 Å². The van der Waals surface area contributed by atoms with E-state index in [4.69, 9.17) is 16.3 Å². The van der Waals surface area contributed by atoms with Gasteiger partial charge in [-0.3, -0.25) is 4.79 Å². The Morgan fingerprint density at radius 2 is 1.97 bits per heavy atom. The van der Waals surface area contributed by atoms with Crippen molar-refractivity contribution in [3.05, 3.63) is 70.6 Å². The Balaban J connectivity index is 1.55. The van der Waals surface area contributed by atoms with E-state index in [0.29, 0.717) is 36.7 Å². The SMILES string of the molecule is CCN(CC)CCCNC(=O)CCc1cc2c(n1-c1ccc(F)cc1Cl)-c1ccccc1CO2. The van der Waals surface area contributed by atoms with Gasteiger partial charge in [0.25, 0.3) is 0 Å². The van der Waals surface area contributed by atoms with Crippen LogP contribution in [-0.2, 0) is 17.8 Å². The Labute approximate surface area is 205 Å². The molecule has 2 heterocycles. The number of amides is 1. The molecule has 7 heteroatoms. The van der Waals surface area contributed by atoms with Crippen LogP contribution in [0.5, 0.6) is 5.75 Å². The van der Waals surface area contributed by atoms with Gasteiger partial charge in [-0.2, -0.15) is 0 Å². The minimum atomic E-state index is -0.392. The lowest BCUT2D eigenvalue weighted by Crippen LogP contribution is -2.30. The molecule has 180 valence electrons. The summed E-state index contributed by atoms with van der Waals surface area (Å²) in [6, 6.07) is 14.4. The average molecular weight is 484 g/mol. The summed E-state index contributed by atoms with van der Waals surface area (Å²) < 4.78 is 21.8. The van der Waals surface area contributed by atoms with E-state index in [1.165, 1.54) is 12.1 Å². The first kappa shape index (κ1) is 24.3. The number of fused-ring (bicyclic) bond motifs is 3. The summed E-state index contributed by atoms with van der Waals surface area (Å²) in [4.78, 5) is 14.9. The van der Waals surface area contributed by atoms with Crippen molar-refractivity contribution in [2.24, 2.45) is 0 Å². The van der Waals surface area contributed by atoms with Crippen LogP contribution < -0.4 is 10.1 Å². The molecule has 0 fully saturated rings. The first-order valence-corrected chi connectivity index (χ1v) is 12.3. The lowest BCUT2D eigenvalue weighted by Gasteiger charge is -2.21. The number of halogens is 2. The monoisotopic (exact) mass is 483 g/mol. The number of hydrogen-bond acceptors (Lipinski definition) is 3. The first-order chi connectivity index (χ1) is 16.5. The van der Waals surface area contributed by atoms with E-state index in [0.717, 1.165) is 54.3 Å². The standard InChI is InChI=1S/C27H31ClFN3O2/c1-3-31(4-2)15-7-14-30-26(33)13-11-21-17-25-27(22-9-6-5-8-19(22)18-34-25)32(21)24-12-10-20(29)16-23(24)28/h5-6,8-10,12,16-17H,3-4,7,11,13-15,18H2,1-2H3,(H,30,33). The Bertz CT molecular complexity index is 1160. The van der Waals surface area contributed by atoms with Gasteiger partial charge in [0.1, 0.15) is 18.2 Å². The summed E-state index contributed by atoms with van der Waals surface area (Å²) in [5.74, 6) is 0.363. The smallest absolute Gasteiger partial charge is 0.220 e. The van der Waals surface area contributed by atoms with Gasteiger partial charge < -0.3 is 19.5 Å². The van der Waals surface area contributed by atoms with Crippen LogP contribution in [0.25, 0.3) is 16.9 Å². The van der Waals surface area contributed by atoms with Crippen LogP contribution in [0.1, 0.15) is 37.9 Å². The van der Waals surface area contributed by atoms with E-state index >= 15 is 0 Å². The van der Waals surface area contributed by atoms with Crippen molar-refractivity contribution in [2.75, 3.05) is 26.2 Å². The molecular formula is C27H31ClFN3O2. The van der Waals surface area contributed by atoms with Gasteiger partial charge in [0.05, 0.1) is 16.4 Å². The van der Waals surface area contributed by atoms with E-state index in [1.807, 2.05) is 28.8 Å². The normalized spacial score (nSPS) is 12.3. The summed E-state index contributed by atoms with van der Waals surface area (Å²) >= 11 is 6.47. The highest BCUT2D eigenvalue weighted by molar-refractivity contribution is 6.32. The highest BCUT2D eigenvalue weighted by atomic mass is 35.5. The maximum Gasteiger partial charge on any atom is 0.220 e. The van der Waals surface area contributed by atoms with Crippen molar-refractivity contribution < 1.29 is 13.9 Å². The molecule has 3 aromatic rings. The van der Waals surface area contributed by atoms with Crippen molar-refractivity contribution in [3.8, 4) is 22.7 Å². The minimum Gasteiger partial charge on any atom is -0.487 e. The number of nitrogens with one attached hydrogen (secondary N) is 1. The molecule has 0 spiro atoms. The van der Waals surface area contributed by atoms with Gasteiger partial charge in [0.15, 0.2) is 0 Å². The molecule has 0 saturated heterocycles. The second kappa shape index (κ2) is 11.1. The molecule has 1 aliphatic heterocycles. The zero-order chi connectivity index (χ0) is 24.1. The molecule has 0 aliphatic carbocycles. The van der Waals surface area contributed by atoms with Crippen LogP contribution in [0, 0.1) is 5.82 Å².